The normalized spacial score (nSPS) is 19.5. The summed E-state index contributed by atoms with van der Waals surface area (Å²) in [5, 5.41) is 2.81. The molecule has 3 N–H and O–H groups in total. The average molecular weight is 339 g/mol. The number of amides is 1. The minimum atomic E-state index is -0.103. The van der Waals surface area contributed by atoms with Gasteiger partial charge in [0.2, 0.25) is 0 Å². The fourth-order valence-electron chi connectivity index (χ4n) is 3.73. The highest BCUT2D eigenvalue weighted by atomic mass is 32.1. The van der Waals surface area contributed by atoms with Gasteiger partial charge in [-0.25, -0.2) is 4.98 Å². The van der Waals surface area contributed by atoms with E-state index in [-0.39, 0.29) is 5.91 Å². The molecule has 2 aliphatic rings. The molecule has 0 unspecified atom stereocenters. The molecule has 0 bridgehead atoms. The van der Waals surface area contributed by atoms with Crippen LogP contribution in [0.1, 0.15) is 58.9 Å². The summed E-state index contributed by atoms with van der Waals surface area (Å²) in [5.41, 5.74) is 9.20. The molecule has 2 aromatic heterocycles. The van der Waals surface area contributed by atoms with E-state index >= 15 is 0 Å². The Balaban J connectivity index is 1.69. The van der Waals surface area contributed by atoms with E-state index in [4.69, 9.17) is 5.73 Å². The van der Waals surface area contributed by atoms with E-state index in [1.165, 1.54) is 42.5 Å². The van der Waals surface area contributed by atoms with Crippen LogP contribution in [0.5, 0.6) is 0 Å². The summed E-state index contributed by atoms with van der Waals surface area (Å²) < 4.78 is 0. The molecule has 1 saturated carbocycles. The summed E-state index contributed by atoms with van der Waals surface area (Å²) in [7, 11) is 0. The highest BCUT2D eigenvalue weighted by molar-refractivity contribution is 7.13. The van der Waals surface area contributed by atoms with Gasteiger partial charge in [-0.15, -0.1) is 11.3 Å². The molecule has 5 heteroatoms. The number of carbonyl (C=O) groups excluding carboxylic acids is 1. The van der Waals surface area contributed by atoms with Crippen molar-refractivity contribution in [1.29, 1.82) is 0 Å². The van der Waals surface area contributed by atoms with Crippen molar-refractivity contribution in [3.63, 3.8) is 0 Å². The Kier molecular flexibility index (Phi) is 3.88. The molecule has 124 valence electrons. The van der Waals surface area contributed by atoms with Crippen molar-refractivity contribution in [3.05, 3.63) is 39.2 Å². The molecule has 1 aliphatic carbocycles. The Hall–Kier alpha value is -2.14. The summed E-state index contributed by atoms with van der Waals surface area (Å²) in [6.45, 7) is 2.19. The fraction of sp³-hybridized carbons (Fsp3) is 0.368. The lowest BCUT2D eigenvalue weighted by molar-refractivity contribution is -0.110. The van der Waals surface area contributed by atoms with Gasteiger partial charge < -0.3 is 11.1 Å². The van der Waals surface area contributed by atoms with Gasteiger partial charge in [0, 0.05) is 15.3 Å². The topological polar surface area (TPSA) is 68.0 Å². The maximum atomic E-state index is 12.3. The predicted octanol–water partition coefficient (Wildman–Crippen LogP) is 4.57. The standard InChI is InChI=1S/C19H21N3OS/c1-11-7-14(24-17(11)12-5-3-2-4-6-12)9-16-15-8-13(20)10-21-18(15)22-19(16)23/h7-10,12H,2-6,20H2,1H3,(H,21,22,23). The van der Waals surface area contributed by atoms with Gasteiger partial charge in [-0.2, -0.15) is 0 Å². The highest BCUT2D eigenvalue weighted by Gasteiger charge is 2.26. The fourth-order valence-corrected chi connectivity index (χ4v) is 5.02. The number of fused-ring (bicyclic) bond motifs is 1. The number of carbonyl (C=O) groups is 1. The largest absolute Gasteiger partial charge is 0.397 e. The summed E-state index contributed by atoms with van der Waals surface area (Å²) in [6.07, 6.45) is 10.2. The molecule has 0 atom stereocenters. The van der Waals surface area contributed by atoms with E-state index in [0.29, 0.717) is 23.0 Å². The molecule has 24 heavy (non-hydrogen) atoms. The third-order valence-corrected chi connectivity index (χ3v) is 6.26. The van der Waals surface area contributed by atoms with Crippen LogP contribution in [0.2, 0.25) is 0 Å². The molecule has 3 heterocycles. The molecular formula is C19H21N3OS. The first kappa shape index (κ1) is 15.4. The highest BCUT2D eigenvalue weighted by Crippen LogP contribution is 2.40. The third kappa shape index (κ3) is 2.73. The van der Waals surface area contributed by atoms with Gasteiger partial charge in [-0.1, -0.05) is 19.3 Å². The van der Waals surface area contributed by atoms with Crippen molar-refractivity contribution in [1.82, 2.24) is 4.98 Å². The molecule has 1 aliphatic heterocycles. The van der Waals surface area contributed by atoms with Gasteiger partial charge in [-0.3, -0.25) is 4.79 Å². The number of nitrogens with one attached hydrogen (secondary N) is 1. The number of nitrogens with two attached hydrogens (primary N) is 1. The number of rotatable bonds is 2. The number of anilines is 2. The van der Waals surface area contributed by atoms with Crippen LogP contribution in [-0.4, -0.2) is 10.9 Å². The van der Waals surface area contributed by atoms with E-state index in [0.717, 1.165) is 10.4 Å². The Bertz CT molecular complexity index is 831. The third-order valence-electron chi connectivity index (χ3n) is 4.91. The lowest BCUT2D eigenvalue weighted by atomic mass is 9.87. The van der Waals surface area contributed by atoms with E-state index in [1.807, 2.05) is 23.5 Å². The van der Waals surface area contributed by atoms with Gasteiger partial charge >= 0.3 is 0 Å². The Morgan fingerprint density at radius 1 is 1.29 bits per heavy atom. The van der Waals surface area contributed by atoms with Crippen molar-refractivity contribution in [2.45, 2.75) is 44.9 Å². The lowest BCUT2D eigenvalue weighted by Crippen LogP contribution is -2.04. The minimum absolute atomic E-state index is 0.103. The van der Waals surface area contributed by atoms with Crippen molar-refractivity contribution in [2.75, 3.05) is 11.1 Å². The number of hydrogen-bond acceptors (Lipinski definition) is 4. The van der Waals surface area contributed by atoms with Crippen molar-refractivity contribution < 1.29 is 4.79 Å². The van der Waals surface area contributed by atoms with Crippen molar-refractivity contribution in [3.8, 4) is 0 Å². The molecule has 1 fully saturated rings. The molecule has 4 nitrogen and oxygen atoms in total. The summed E-state index contributed by atoms with van der Waals surface area (Å²) in [4.78, 5) is 19.1. The smallest absolute Gasteiger partial charge is 0.257 e. The zero-order chi connectivity index (χ0) is 16.7. The first-order valence-corrected chi connectivity index (χ1v) is 9.33. The monoisotopic (exact) mass is 339 g/mol. The number of pyridine rings is 1. The first-order valence-electron chi connectivity index (χ1n) is 8.51. The second-order valence-corrected chi connectivity index (χ2v) is 7.82. The lowest BCUT2D eigenvalue weighted by Gasteiger charge is -2.21. The van der Waals surface area contributed by atoms with E-state index in [1.54, 1.807) is 6.20 Å². The van der Waals surface area contributed by atoms with Crippen molar-refractivity contribution in [2.24, 2.45) is 0 Å². The molecule has 4 rings (SSSR count). The summed E-state index contributed by atoms with van der Waals surface area (Å²) in [6, 6.07) is 4.02. The van der Waals surface area contributed by atoms with E-state index < -0.39 is 0 Å². The van der Waals surface area contributed by atoms with Crippen LogP contribution < -0.4 is 11.1 Å². The first-order chi connectivity index (χ1) is 11.6. The number of aryl methyl sites for hydroxylation is 1. The Morgan fingerprint density at radius 3 is 2.88 bits per heavy atom. The van der Waals surface area contributed by atoms with Gasteiger partial charge in [0.15, 0.2) is 0 Å². The predicted molar refractivity (Wildman–Crippen MR) is 100 cm³/mol. The van der Waals surface area contributed by atoms with Gasteiger partial charge in [-0.05, 0) is 49.5 Å². The quantitative estimate of drug-likeness (QED) is 0.787. The second-order valence-electron chi connectivity index (χ2n) is 6.71. The van der Waals surface area contributed by atoms with Gasteiger partial charge in [0.05, 0.1) is 17.5 Å². The molecular weight excluding hydrogens is 318 g/mol. The molecule has 0 radical (unpaired) electrons. The van der Waals surface area contributed by atoms with E-state index in [9.17, 15) is 4.79 Å². The van der Waals surface area contributed by atoms with Crippen LogP contribution >= 0.6 is 11.3 Å². The molecule has 0 saturated heterocycles. The summed E-state index contributed by atoms with van der Waals surface area (Å²) >= 11 is 1.83. The van der Waals surface area contributed by atoms with Crippen LogP contribution in [0.3, 0.4) is 0 Å². The SMILES string of the molecule is Cc1cc(C=C2C(=O)Nc3ncc(N)cc32)sc1C1CCCCC1. The van der Waals surface area contributed by atoms with Crippen LogP contribution in [0, 0.1) is 6.92 Å². The Morgan fingerprint density at radius 2 is 2.08 bits per heavy atom. The number of hydrogen-bond donors (Lipinski definition) is 2. The minimum Gasteiger partial charge on any atom is -0.397 e. The second kappa shape index (κ2) is 6.06. The maximum Gasteiger partial charge on any atom is 0.257 e. The Labute approximate surface area is 145 Å². The number of nitrogens with zero attached hydrogens (tertiary/aromatic N) is 1. The number of aromatic nitrogens is 1. The van der Waals surface area contributed by atoms with Gasteiger partial charge in [0.1, 0.15) is 5.82 Å². The van der Waals surface area contributed by atoms with Gasteiger partial charge in [0.25, 0.3) is 5.91 Å². The number of nitrogen functional groups attached to an aromatic ring is 1. The van der Waals surface area contributed by atoms with Crippen LogP contribution in [0.25, 0.3) is 11.6 Å². The van der Waals surface area contributed by atoms with Crippen LogP contribution in [0.4, 0.5) is 11.5 Å². The number of thiophene rings is 1. The maximum absolute atomic E-state index is 12.3. The average Bonchev–Trinajstić information content (AvgIpc) is 3.09. The molecule has 2 aromatic rings. The molecule has 0 aromatic carbocycles. The summed E-state index contributed by atoms with van der Waals surface area (Å²) in [5.74, 6) is 1.19. The zero-order valence-electron chi connectivity index (χ0n) is 13.8. The van der Waals surface area contributed by atoms with Crippen molar-refractivity contribution >= 4 is 40.4 Å². The van der Waals surface area contributed by atoms with Crippen LogP contribution in [0.15, 0.2) is 18.3 Å². The molecule has 0 spiro atoms. The van der Waals surface area contributed by atoms with Crippen LogP contribution in [-0.2, 0) is 4.79 Å². The zero-order valence-corrected chi connectivity index (χ0v) is 14.6. The molecule has 1 amide bonds. The van der Waals surface area contributed by atoms with E-state index in [2.05, 4.69) is 23.3 Å².